The van der Waals surface area contributed by atoms with Gasteiger partial charge in [0.2, 0.25) is 0 Å². The molecular formula is C29H37N5O7. The highest BCUT2D eigenvalue weighted by atomic mass is 16.5. The number of Topliss-reactive ketones (excluding diaryl/α,β-unsaturated/α-hetero) is 1. The first-order valence-electron chi connectivity index (χ1n) is 12.9. The van der Waals surface area contributed by atoms with E-state index in [4.69, 9.17) is 10.1 Å². The Morgan fingerprint density at radius 1 is 1.12 bits per heavy atom. The third-order valence-corrected chi connectivity index (χ3v) is 6.88. The second-order valence-corrected chi connectivity index (χ2v) is 11.1. The maximum atomic E-state index is 13.6. The van der Waals surface area contributed by atoms with E-state index < -0.39 is 24.0 Å². The fourth-order valence-corrected chi connectivity index (χ4v) is 4.75. The molecule has 1 heterocycles. The van der Waals surface area contributed by atoms with Crippen molar-refractivity contribution < 1.29 is 34.1 Å². The highest BCUT2D eigenvalue weighted by molar-refractivity contribution is 6.08. The van der Waals surface area contributed by atoms with Crippen LogP contribution in [0.2, 0.25) is 0 Å². The summed E-state index contributed by atoms with van der Waals surface area (Å²) in [5.74, 6) is -1.92. The van der Waals surface area contributed by atoms with E-state index in [9.17, 15) is 29.4 Å². The lowest BCUT2D eigenvalue weighted by Gasteiger charge is -2.26. The number of phenolic OH excluding ortho intramolecular Hbond substituents is 1. The number of ether oxygens (including phenoxy) is 1. The standard InChI is InChI=1S/C29H37N5O7/c1-29(2,3)21-9-16(8-18(25(21)38)13-34(15-24(36)37)28(40)41-7)23(35)14-33-12-17-10-22(32(5)6)20(27(39)31-4)11-19(17)26(33)30/h8-11,30,38H,12-15H2,1-7H3,(H,31,39)(H,36,37). The number of nitrogens with zero attached hydrogens (tertiary/aromatic N) is 3. The SMILES string of the molecule is CNC(=O)c1cc2c(cc1N(C)C)CN(CC(=O)c1cc(CN(CC(=O)O)C(=O)OC)c(O)c(C(C)(C)C)c1)C2=N. The number of methoxy groups -OCH3 is 1. The highest BCUT2D eigenvalue weighted by Crippen LogP contribution is 2.36. The van der Waals surface area contributed by atoms with Gasteiger partial charge in [0.25, 0.3) is 5.91 Å². The molecule has 0 aliphatic carbocycles. The van der Waals surface area contributed by atoms with Gasteiger partial charge in [-0.2, -0.15) is 0 Å². The van der Waals surface area contributed by atoms with Crippen LogP contribution in [-0.4, -0.2) is 90.9 Å². The molecule has 220 valence electrons. The minimum absolute atomic E-state index is 0.109. The van der Waals surface area contributed by atoms with Crippen LogP contribution in [0, 0.1) is 5.41 Å². The van der Waals surface area contributed by atoms with Crippen LogP contribution in [0.4, 0.5) is 10.5 Å². The number of carboxylic acids is 1. The van der Waals surface area contributed by atoms with Gasteiger partial charge in [0.1, 0.15) is 18.1 Å². The normalized spacial score (nSPS) is 12.6. The molecule has 12 heteroatoms. The molecule has 0 atom stereocenters. The van der Waals surface area contributed by atoms with Crippen LogP contribution in [-0.2, 0) is 28.0 Å². The Morgan fingerprint density at radius 2 is 1.78 bits per heavy atom. The zero-order chi connectivity index (χ0) is 30.8. The molecule has 1 aliphatic heterocycles. The van der Waals surface area contributed by atoms with Gasteiger partial charge in [-0.25, -0.2) is 4.79 Å². The lowest BCUT2D eigenvalue weighted by molar-refractivity contribution is -0.138. The molecule has 2 aromatic rings. The number of fused-ring (bicyclic) bond motifs is 1. The number of aliphatic carboxylic acids is 1. The number of phenols is 1. The molecule has 0 radical (unpaired) electrons. The number of rotatable bonds is 9. The summed E-state index contributed by atoms with van der Waals surface area (Å²) in [5, 5.41) is 31.7. The Kier molecular flexibility index (Phi) is 8.95. The predicted octanol–water partition coefficient (Wildman–Crippen LogP) is 2.79. The van der Waals surface area contributed by atoms with Gasteiger partial charge in [-0.1, -0.05) is 20.8 Å². The number of ketones is 1. The molecule has 2 amide bonds. The first-order chi connectivity index (χ1) is 19.1. The van der Waals surface area contributed by atoms with Crippen LogP contribution in [0.15, 0.2) is 24.3 Å². The van der Waals surface area contributed by atoms with Crippen LogP contribution in [0.25, 0.3) is 0 Å². The summed E-state index contributed by atoms with van der Waals surface area (Å²) >= 11 is 0. The van der Waals surface area contributed by atoms with Gasteiger partial charge in [0.05, 0.1) is 25.8 Å². The largest absolute Gasteiger partial charge is 0.507 e. The van der Waals surface area contributed by atoms with Crippen molar-refractivity contribution >= 4 is 35.3 Å². The van der Waals surface area contributed by atoms with Crippen molar-refractivity contribution in [2.75, 3.05) is 46.2 Å². The Bertz CT molecular complexity index is 1410. The monoisotopic (exact) mass is 567 g/mol. The molecule has 0 spiro atoms. The van der Waals surface area contributed by atoms with Crippen molar-refractivity contribution in [3.05, 3.63) is 57.6 Å². The number of amidine groups is 1. The van der Waals surface area contributed by atoms with Gasteiger partial charge in [0, 0.05) is 55.6 Å². The van der Waals surface area contributed by atoms with Crippen molar-refractivity contribution in [3.63, 3.8) is 0 Å². The van der Waals surface area contributed by atoms with E-state index in [-0.39, 0.29) is 47.5 Å². The van der Waals surface area contributed by atoms with Crippen molar-refractivity contribution in [3.8, 4) is 5.75 Å². The zero-order valence-electron chi connectivity index (χ0n) is 24.4. The molecule has 0 fully saturated rings. The van der Waals surface area contributed by atoms with E-state index in [2.05, 4.69) is 5.32 Å². The Balaban J connectivity index is 1.97. The average Bonchev–Trinajstić information content (AvgIpc) is 3.20. The number of carbonyl (C=O) groups is 4. The molecule has 0 saturated carbocycles. The van der Waals surface area contributed by atoms with E-state index in [1.54, 1.807) is 17.0 Å². The topological polar surface area (TPSA) is 164 Å². The smallest absolute Gasteiger partial charge is 0.410 e. The molecule has 3 rings (SSSR count). The minimum Gasteiger partial charge on any atom is -0.507 e. The summed E-state index contributed by atoms with van der Waals surface area (Å²) in [6.07, 6.45) is -0.891. The first-order valence-corrected chi connectivity index (χ1v) is 12.9. The predicted molar refractivity (Wildman–Crippen MR) is 153 cm³/mol. The number of hydrogen-bond acceptors (Lipinski definition) is 8. The summed E-state index contributed by atoms with van der Waals surface area (Å²) in [7, 11) is 6.31. The molecule has 12 nitrogen and oxygen atoms in total. The number of benzene rings is 2. The number of carboxylic acid groups (broad SMARTS) is 1. The van der Waals surface area contributed by atoms with Crippen molar-refractivity contribution in [1.82, 2.24) is 15.1 Å². The molecule has 0 saturated heterocycles. The third kappa shape index (κ3) is 6.59. The van der Waals surface area contributed by atoms with Crippen LogP contribution >= 0.6 is 0 Å². The van der Waals surface area contributed by atoms with Gasteiger partial charge in [-0.3, -0.25) is 24.7 Å². The molecule has 0 aromatic heterocycles. The second-order valence-electron chi connectivity index (χ2n) is 11.1. The van der Waals surface area contributed by atoms with Crippen LogP contribution in [0.3, 0.4) is 0 Å². The fraction of sp³-hybridized carbons (Fsp3) is 0.414. The molecule has 2 aromatic carbocycles. The quantitative estimate of drug-likeness (QED) is 0.334. The summed E-state index contributed by atoms with van der Waals surface area (Å²) < 4.78 is 4.70. The zero-order valence-corrected chi connectivity index (χ0v) is 24.4. The Labute approximate surface area is 239 Å². The summed E-state index contributed by atoms with van der Waals surface area (Å²) in [6, 6.07) is 6.53. The lowest BCUT2D eigenvalue weighted by Crippen LogP contribution is -2.35. The highest BCUT2D eigenvalue weighted by Gasteiger charge is 2.31. The summed E-state index contributed by atoms with van der Waals surface area (Å²) in [6.45, 7) is 4.75. The van der Waals surface area contributed by atoms with Gasteiger partial charge < -0.3 is 30.1 Å². The lowest BCUT2D eigenvalue weighted by atomic mass is 9.83. The molecule has 1 aliphatic rings. The number of carbonyl (C=O) groups excluding carboxylic acids is 3. The van der Waals surface area contributed by atoms with Gasteiger partial charge in [0.15, 0.2) is 5.78 Å². The van der Waals surface area contributed by atoms with Crippen LogP contribution in [0.1, 0.15) is 63.7 Å². The molecular weight excluding hydrogens is 530 g/mol. The number of anilines is 1. The van der Waals surface area contributed by atoms with Crippen LogP contribution in [0.5, 0.6) is 5.75 Å². The molecule has 41 heavy (non-hydrogen) atoms. The third-order valence-electron chi connectivity index (χ3n) is 6.88. The fourth-order valence-electron chi connectivity index (χ4n) is 4.75. The number of aromatic hydroxyl groups is 1. The minimum atomic E-state index is -1.26. The average molecular weight is 568 g/mol. The van der Waals surface area contributed by atoms with Crippen molar-refractivity contribution in [1.29, 1.82) is 5.41 Å². The summed E-state index contributed by atoms with van der Waals surface area (Å²) in [4.78, 5) is 54.0. The van der Waals surface area contributed by atoms with E-state index in [0.717, 1.165) is 17.6 Å². The first kappa shape index (κ1) is 30.9. The van der Waals surface area contributed by atoms with Crippen LogP contribution < -0.4 is 10.2 Å². The number of nitrogens with one attached hydrogen (secondary N) is 2. The molecule has 0 unspecified atom stereocenters. The Morgan fingerprint density at radius 3 is 2.32 bits per heavy atom. The maximum Gasteiger partial charge on any atom is 0.410 e. The van der Waals surface area contributed by atoms with E-state index in [1.807, 2.05) is 45.8 Å². The van der Waals surface area contributed by atoms with Crippen molar-refractivity contribution in [2.45, 2.75) is 39.3 Å². The number of amides is 2. The van der Waals surface area contributed by atoms with E-state index in [0.29, 0.717) is 28.9 Å². The summed E-state index contributed by atoms with van der Waals surface area (Å²) in [5.41, 5.74) is 2.78. The Hall–Kier alpha value is -4.61. The van der Waals surface area contributed by atoms with Gasteiger partial charge >= 0.3 is 12.1 Å². The maximum absolute atomic E-state index is 13.6. The van der Waals surface area contributed by atoms with E-state index in [1.165, 1.54) is 13.1 Å². The molecule has 0 bridgehead atoms. The van der Waals surface area contributed by atoms with Gasteiger partial charge in [-0.15, -0.1) is 0 Å². The van der Waals surface area contributed by atoms with Crippen molar-refractivity contribution in [2.24, 2.45) is 0 Å². The van der Waals surface area contributed by atoms with Gasteiger partial charge in [-0.05, 0) is 35.2 Å². The number of hydrogen-bond donors (Lipinski definition) is 4. The second kappa shape index (κ2) is 11.9. The molecule has 4 N–H and O–H groups in total. The van der Waals surface area contributed by atoms with E-state index >= 15 is 0 Å².